The SMILES string of the molecule is CN(C(=O)COCc1ccccc1)C1CCCCCCC1. The van der Waals surface area contributed by atoms with Crippen LogP contribution in [0.4, 0.5) is 0 Å². The van der Waals surface area contributed by atoms with E-state index >= 15 is 0 Å². The molecule has 0 radical (unpaired) electrons. The normalized spacial score (nSPS) is 17.0. The van der Waals surface area contributed by atoms with Crippen LogP contribution >= 0.6 is 0 Å². The van der Waals surface area contributed by atoms with Crippen LogP contribution in [0.2, 0.25) is 0 Å². The zero-order valence-electron chi connectivity index (χ0n) is 13.1. The molecule has 1 fully saturated rings. The predicted molar refractivity (Wildman–Crippen MR) is 85.0 cm³/mol. The van der Waals surface area contributed by atoms with Crippen LogP contribution < -0.4 is 0 Å². The van der Waals surface area contributed by atoms with Crippen LogP contribution in [0.1, 0.15) is 50.5 Å². The summed E-state index contributed by atoms with van der Waals surface area (Å²) in [5.74, 6) is 0.108. The first-order chi connectivity index (χ1) is 10.3. The molecule has 2 rings (SSSR count). The van der Waals surface area contributed by atoms with Crippen molar-refractivity contribution in [2.45, 2.75) is 57.6 Å². The van der Waals surface area contributed by atoms with Gasteiger partial charge >= 0.3 is 0 Å². The van der Waals surface area contributed by atoms with Crippen LogP contribution in [-0.4, -0.2) is 30.5 Å². The van der Waals surface area contributed by atoms with Crippen LogP contribution in [0, 0.1) is 0 Å². The first-order valence-electron chi connectivity index (χ1n) is 8.14. The van der Waals surface area contributed by atoms with Gasteiger partial charge in [0.15, 0.2) is 0 Å². The first kappa shape index (κ1) is 16.0. The van der Waals surface area contributed by atoms with Crippen LogP contribution in [-0.2, 0) is 16.1 Å². The Hall–Kier alpha value is -1.35. The van der Waals surface area contributed by atoms with E-state index in [1.165, 1.54) is 32.1 Å². The fourth-order valence-corrected chi connectivity index (χ4v) is 2.96. The molecule has 0 bridgehead atoms. The molecule has 1 aromatic carbocycles. The number of nitrogens with zero attached hydrogens (tertiary/aromatic N) is 1. The molecule has 1 aromatic rings. The highest BCUT2D eigenvalue weighted by Gasteiger charge is 2.20. The van der Waals surface area contributed by atoms with Gasteiger partial charge in [0.2, 0.25) is 5.91 Å². The summed E-state index contributed by atoms with van der Waals surface area (Å²) in [6, 6.07) is 10.4. The molecule has 1 amide bonds. The number of rotatable bonds is 5. The number of carbonyl (C=O) groups is 1. The molecule has 0 heterocycles. The quantitative estimate of drug-likeness (QED) is 0.825. The van der Waals surface area contributed by atoms with E-state index < -0.39 is 0 Å². The van der Waals surface area contributed by atoms with Crippen molar-refractivity contribution >= 4 is 5.91 Å². The third kappa shape index (κ3) is 5.50. The van der Waals surface area contributed by atoms with Crippen molar-refractivity contribution in [3.05, 3.63) is 35.9 Å². The highest BCUT2D eigenvalue weighted by Crippen LogP contribution is 2.20. The van der Waals surface area contributed by atoms with Gasteiger partial charge in [-0.05, 0) is 18.4 Å². The average Bonchev–Trinajstić information content (AvgIpc) is 2.47. The summed E-state index contributed by atoms with van der Waals surface area (Å²) in [6.07, 6.45) is 8.73. The van der Waals surface area contributed by atoms with E-state index in [2.05, 4.69) is 0 Å². The second-order valence-corrected chi connectivity index (χ2v) is 5.98. The molecular weight excluding hydrogens is 262 g/mol. The Balaban J connectivity index is 1.73. The van der Waals surface area contributed by atoms with E-state index in [0.717, 1.165) is 18.4 Å². The first-order valence-corrected chi connectivity index (χ1v) is 8.14. The Morgan fingerprint density at radius 3 is 2.38 bits per heavy atom. The van der Waals surface area contributed by atoms with Gasteiger partial charge in [0.25, 0.3) is 0 Å². The van der Waals surface area contributed by atoms with Crippen LogP contribution in [0.3, 0.4) is 0 Å². The lowest BCUT2D eigenvalue weighted by molar-refractivity contribution is -0.137. The number of benzene rings is 1. The Labute approximate surface area is 128 Å². The molecule has 0 saturated heterocycles. The van der Waals surface area contributed by atoms with Crippen molar-refractivity contribution in [2.75, 3.05) is 13.7 Å². The zero-order valence-corrected chi connectivity index (χ0v) is 13.1. The minimum Gasteiger partial charge on any atom is -0.367 e. The van der Waals surface area contributed by atoms with Gasteiger partial charge in [-0.1, -0.05) is 62.4 Å². The monoisotopic (exact) mass is 289 g/mol. The molecule has 3 heteroatoms. The van der Waals surface area contributed by atoms with Crippen molar-refractivity contribution in [1.82, 2.24) is 4.90 Å². The zero-order chi connectivity index (χ0) is 14.9. The van der Waals surface area contributed by atoms with Gasteiger partial charge in [0, 0.05) is 13.1 Å². The standard InChI is InChI=1S/C18H27NO2/c1-19(17-12-8-3-2-4-9-13-17)18(20)15-21-14-16-10-6-5-7-11-16/h5-7,10-11,17H,2-4,8-9,12-15H2,1H3. The van der Waals surface area contributed by atoms with Crippen molar-refractivity contribution in [3.8, 4) is 0 Å². The third-order valence-corrected chi connectivity index (χ3v) is 4.35. The second-order valence-electron chi connectivity index (χ2n) is 5.98. The van der Waals surface area contributed by atoms with Gasteiger partial charge in [-0.25, -0.2) is 0 Å². The molecule has 0 N–H and O–H groups in total. The number of ether oxygens (including phenoxy) is 1. The lowest BCUT2D eigenvalue weighted by Crippen LogP contribution is -2.39. The number of likely N-dealkylation sites (N-methyl/N-ethyl adjacent to an activating group) is 1. The summed E-state index contributed by atoms with van der Waals surface area (Å²) in [4.78, 5) is 14.1. The molecule has 0 spiro atoms. The molecule has 1 aliphatic carbocycles. The number of hydrogen-bond donors (Lipinski definition) is 0. The molecule has 0 aromatic heterocycles. The van der Waals surface area contributed by atoms with E-state index in [-0.39, 0.29) is 12.5 Å². The van der Waals surface area contributed by atoms with Crippen molar-refractivity contribution < 1.29 is 9.53 Å². The van der Waals surface area contributed by atoms with Crippen LogP contribution in [0.15, 0.2) is 30.3 Å². The molecule has 116 valence electrons. The molecule has 21 heavy (non-hydrogen) atoms. The van der Waals surface area contributed by atoms with E-state index in [4.69, 9.17) is 4.74 Å². The van der Waals surface area contributed by atoms with Gasteiger partial charge in [-0.15, -0.1) is 0 Å². The summed E-state index contributed by atoms with van der Waals surface area (Å²) in [6.45, 7) is 0.687. The van der Waals surface area contributed by atoms with Gasteiger partial charge in [-0.2, -0.15) is 0 Å². The summed E-state index contributed by atoms with van der Waals surface area (Å²) < 4.78 is 5.56. The van der Waals surface area contributed by atoms with Crippen LogP contribution in [0.25, 0.3) is 0 Å². The highest BCUT2D eigenvalue weighted by molar-refractivity contribution is 5.77. The van der Waals surface area contributed by atoms with E-state index in [9.17, 15) is 4.79 Å². The van der Waals surface area contributed by atoms with Crippen molar-refractivity contribution in [3.63, 3.8) is 0 Å². The molecule has 0 atom stereocenters. The third-order valence-electron chi connectivity index (χ3n) is 4.35. The maximum Gasteiger partial charge on any atom is 0.248 e. The van der Waals surface area contributed by atoms with Crippen molar-refractivity contribution in [2.24, 2.45) is 0 Å². The smallest absolute Gasteiger partial charge is 0.248 e. The molecule has 3 nitrogen and oxygen atoms in total. The number of hydrogen-bond acceptors (Lipinski definition) is 2. The second kappa shape index (κ2) is 8.83. The van der Waals surface area contributed by atoms with E-state index in [0.29, 0.717) is 12.6 Å². The maximum atomic E-state index is 12.2. The van der Waals surface area contributed by atoms with E-state index in [1.54, 1.807) is 0 Å². The Morgan fingerprint density at radius 2 is 1.71 bits per heavy atom. The number of amides is 1. The fourth-order valence-electron chi connectivity index (χ4n) is 2.96. The summed E-state index contributed by atoms with van der Waals surface area (Å²) in [5.41, 5.74) is 1.11. The summed E-state index contributed by atoms with van der Waals surface area (Å²) in [7, 11) is 1.93. The van der Waals surface area contributed by atoms with Gasteiger partial charge in [0.1, 0.15) is 6.61 Å². The summed E-state index contributed by atoms with van der Waals surface area (Å²) >= 11 is 0. The molecular formula is C18H27NO2. The van der Waals surface area contributed by atoms with Crippen LogP contribution in [0.5, 0.6) is 0 Å². The lowest BCUT2D eigenvalue weighted by Gasteiger charge is -2.29. The molecule has 1 saturated carbocycles. The molecule has 1 aliphatic rings. The Bertz CT molecular complexity index is 410. The molecule has 0 unspecified atom stereocenters. The summed E-state index contributed by atoms with van der Waals surface area (Å²) in [5, 5.41) is 0. The largest absolute Gasteiger partial charge is 0.367 e. The van der Waals surface area contributed by atoms with Gasteiger partial charge in [-0.3, -0.25) is 4.79 Å². The Kier molecular flexibility index (Phi) is 6.74. The Morgan fingerprint density at radius 1 is 1.10 bits per heavy atom. The molecule has 0 aliphatic heterocycles. The lowest BCUT2D eigenvalue weighted by atomic mass is 9.96. The maximum absolute atomic E-state index is 12.2. The topological polar surface area (TPSA) is 29.5 Å². The highest BCUT2D eigenvalue weighted by atomic mass is 16.5. The van der Waals surface area contributed by atoms with Gasteiger partial charge < -0.3 is 9.64 Å². The minimum atomic E-state index is 0.108. The van der Waals surface area contributed by atoms with Gasteiger partial charge in [0.05, 0.1) is 6.61 Å². The fraction of sp³-hybridized carbons (Fsp3) is 0.611. The average molecular weight is 289 g/mol. The number of carbonyl (C=O) groups excluding carboxylic acids is 1. The predicted octanol–water partition coefficient (Wildman–Crippen LogP) is 3.77. The minimum absolute atomic E-state index is 0.108. The van der Waals surface area contributed by atoms with Crippen molar-refractivity contribution in [1.29, 1.82) is 0 Å². The van der Waals surface area contributed by atoms with E-state index in [1.807, 2.05) is 42.3 Å².